The summed E-state index contributed by atoms with van der Waals surface area (Å²) in [5.41, 5.74) is 1.09. The SMILES string of the molecule is CN(Cc1ccc(CO)o1)C[C@@H]1C[C@H](F)CN1Cc1ccnn1C. The lowest BCUT2D eigenvalue weighted by molar-refractivity contribution is 0.169. The van der Waals surface area contributed by atoms with Gasteiger partial charge in [-0.15, -0.1) is 0 Å². The zero-order valence-electron chi connectivity index (χ0n) is 14.2. The van der Waals surface area contributed by atoms with Crippen LogP contribution in [-0.4, -0.2) is 57.0 Å². The zero-order chi connectivity index (χ0) is 17.1. The smallest absolute Gasteiger partial charge is 0.129 e. The largest absolute Gasteiger partial charge is 0.462 e. The number of likely N-dealkylation sites (tertiary alicyclic amines) is 1. The molecule has 2 aromatic rings. The molecule has 2 aromatic heterocycles. The van der Waals surface area contributed by atoms with Crippen molar-refractivity contribution in [1.29, 1.82) is 0 Å². The summed E-state index contributed by atoms with van der Waals surface area (Å²) in [6.07, 6.45) is 1.55. The van der Waals surface area contributed by atoms with Crippen LogP contribution in [0.25, 0.3) is 0 Å². The van der Waals surface area contributed by atoms with Gasteiger partial charge in [0.2, 0.25) is 0 Å². The fourth-order valence-electron chi connectivity index (χ4n) is 3.35. The predicted molar refractivity (Wildman–Crippen MR) is 87.9 cm³/mol. The summed E-state index contributed by atoms with van der Waals surface area (Å²) in [5, 5.41) is 13.2. The Kier molecular flexibility index (Phi) is 5.33. The fourth-order valence-corrected chi connectivity index (χ4v) is 3.35. The van der Waals surface area contributed by atoms with Crippen molar-refractivity contribution < 1.29 is 13.9 Å². The Morgan fingerprint density at radius 2 is 2.17 bits per heavy atom. The highest BCUT2D eigenvalue weighted by Crippen LogP contribution is 2.23. The Morgan fingerprint density at radius 3 is 2.83 bits per heavy atom. The molecule has 7 heteroatoms. The maximum absolute atomic E-state index is 14.0. The van der Waals surface area contributed by atoms with Gasteiger partial charge in [0.1, 0.15) is 24.3 Å². The highest BCUT2D eigenvalue weighted by molar-refractivity contribution is 5.06. The molecule has 132 valence electrons. The van der Waals surface area contributed by atoms with Crippen molar-refractivity contribution in [2.24, 2.45) is 7.05 Å². The number of aromatic nitrogens is 2. The number of nitrogens with zero attached hydrogens (tertiary/aromatic N) is 4. The summed E-state index contributed by atoms with van der Waals surface area (Å²) in [6.45, 7) is 2.51. The Hall–Kier alpha value is -1.70. The number of hydrogen-bond acceptors (Lipinski definition) is 5. The average Bonchev–Trinajstić information content (AvgIpc) is 3.22. The molecule has 0 aromatic carbocycles. The fraction of sp³-hybridized carbons (Fsp3) is 0.588. The number of aliphatic hydroxyl groups excluding tert-OH is 1. The van der Waals surface area contributed by atoms with Gasteiger partial charge >= 0.3 is 0 Å². The van der Waals surface area contributed by atoms with Crippen LogP contribution in [0.3, 0.4) is 0 Å². The van der Waals surface area contributed by atoms with E-state index in [2.05, 4.69) is 14.9 Å². The molecule has 0 spiro atoms. The van der Waals surface area contributed by atoms with Crippen molar-refractivity contribution >= 4 is 0 Å². The molecule has 0 aliphatic carbocycles. The van der Waals surface area contributed by atoms with Crippen LogP contribution in [0.5, 0.6) is 0 Å². The van der Waals surface area contributed by atoms with Gasteiger partial charge < -0.3 is 9.52 Å². The summed E-state index contributed by atoms with van der Waals surface area (Å²) in [5.74, 6) is 1.38. The van der Waals surface area contributed by atoms with Gasteiger partial charge in [-0.1, -0.05) is 0 Å². The molecule has 2 atom stereocenters. The van der Waals surface area contributed by atoms with Crippen LogP contribution in [0.1, 0.15) is 23.6 Å². The number of halogens is 1. The Labute approximate surface area is 141 Å². The quantitative estimate of drug-likeness (QED) is 0.831. The Balaban J connectivity index is 1.58. The highest BCUT2D eigenvalue weighted by atomic mass is 19.1. The minimum atomic E-state index is -0.777. The maximum Gasteiger partial charge on any atom is 0.129 e. The van der Waals surface area contributed by atoms with Gasteiger partial charge in [0, 0.05) is 38.9 Å². The molecular formula is C17H25FN4O2. The van der Waals surface area contributed by atoms with E-state index in [1.165, 1.54) is 0 Å². The number of alkyl halides is 1. The van der Waals surface area contributed by atoms with Gasteiger partial charge in [-0.3, -0.25) is 14.5 Å². The molecule has 0 radical (unpaired) electrons. The van der Waals surface area contributed by atoms with E-state index in [4.69, 9.17) is 9.52 Å². The van der Waals surface area contributed by atoms with Crippen LogP contribution in [0.4, 0.5) is 4.39 Å². The summed E-state index contributed by atoms with van der Waals surface area (Å²) in [6, 6.07) is 5.81. The van der Waals surface area contributed by atoms with E-state index in [1.54, 1.807) is 12.3 Å². The van der Waals surface area contributed by atoms with Crippen molar-refractivity contribution in [1.82, 2.24) is 19.6 Å². The summed E-state index contributed by atoms with van der Waals surface area (Å²) < 4.78 is 21.3. The number of hydrogen-bond donors (Lipinski definition) is 1. The molecule has 0 amide bonds. The number of rotatable bonds is 7. The molecule has 0 saturated carbocycles. The third-order valence-electron chi connectivity index (χ3n) is 4.59. The Bertz CT molecular complexity index is 657. The van der Waals surface area contributed by atoms with Crippen LogP contribution in [0.2, 0.25) is 0 Å². The molecule has 1 fully saturated rings. The molecule has 1 aliphatic heterocycles. The van der Waals surface area contributed by atoms with Crippen LogP contribution in [-0.2, 0) is 26.7 Å². The molecule has 1 N–H and O–H groups in total. The number of furan rings is 1. The first-order valence-electron chi connectivity index (χ1n) is 8.27. The van der Waals surface area contributed by atoms with Gasteiger partial charge in [0.05, 0.1) is 12.2 Å². The predicted octanol–water partition coefficient (Wildman–Crippen LogP) is 1.55. The van der Waals surface area contributed by atoms with Gasteiger partial charge in [-0.05, 0) is 31.7 Å². The van der Waals surface area contributed by atoms with Crippen molar-refractivity contribution in [3.63, 3.8) is 0 Å². The molecule has 0 unspecified atom stereocenters. The van der Waals surface area contributed by atoms with E-state index >= 15 is 0 Å². The zero-order valence-corrected chi connectivity index (χ0v) is 14.2. The van der Waals surface area contributed by atoms with Crippen LogP contribution in [0, 0.1) is 0 Å². The molecular weight excluding hydrogens is 311 g/mol. The van der Waals surface area contributed by atoms with Crippen LogP contribution in [0.15, 0.2) is 28.8 Å². The first-order chi connectivity index (χ1) is 11.5. The van der Waals surface area contributed by atoms with E-state index in [0.29, 0.717) is 31.8 Å². The maximum atomic E-state index is 14.0. The minimum Gasteiger partial charge on any atom is -0.462 e. The minimum absolute atomic E-state index is 0.0889. The first kappa shape index (κ1) is 17.1. The van der Waals surface area contributed by atoms with Gasteiger partial charge in [-0.2, -0.15) is 5.10 Å². The highest BCUT2D eigenvalue weighted by Gasteiger charge is 2.33. The lowest BCUT2D eigenvalue weighted by Crippen LogP contribution is -2.38. The lowest BCUT2D eigenvalue weighted by Gasteiger charge is -2.27. The lowest BCUT2D eigenvalue weighted by atomic mass is 10.2. The van der Waals surface area contributed by atoms with Crippen LogP contribution >= 0.6 is 0 Å². The molecule has 3 rings (SSSR count). The molecule has 3 heterocycles. The number of aliphatic hydroxyl groups is 1. The van der Waals surface area contributed by atoms with Gasteiger partial charge in [0.15, 0.2) is 0 Å². The Morgan fingerprint density at radius 1 is 1.38 bits per heavy atom. The molecule has 24 heavy (non-hydrogen) atoms. The molecule has 0 bridgehead atoms. The average molecular weight is 336 g/mol. The van der Waals surface area contributed by atoms with Crippen molar-refractivity contribution in [2.75, 3.05) is 20.1 Å². The van der Waals surface area contributed by atoms with Crippen LogP contribution < -0.4 is 0 Å². The third-order valence-corrected chi connectivity index (χ3v) is 4.59. The van der Waals surface area contributed by atoms with E-state index < -0.39 is 6.17 Å². The monoisotopic (exact) mass is 336 g/mol. The number of aryl methyl sites for hydroxylation is 1. The first-order valence-corrected chi connectivity index (χ1v) is 8.27. The normalized spacial score (nSPS) is 21.9. The summed E-state index contributed by atoms with van der Waals surface area (Å²) in [7, 11) is 3.92. The third kappa shape index (κ3) is 4.03. The van der Waals surface area contributed by atoms with Crippen molar-refractivity contribution in [3.05, 3.63) is 41.6 Å². The van der Waals surface area contributed by atoms with Crippen molar-refractivity contribution in [2.45, 2.75) is 38.3 Å². The summed E-state index contributed by atoms with van der Waals surface area (Å²) in [4.78, 5) is 4.33. The molecule has 6 nitrogen and oxygen atoms in total. The van der Waals surface area contributed by atoms with E-state index in [9.17, 15) is 4.39 Å². The second-order valence-corrected chi connectivity index (χ2v) is 6.59. The number of likely N-dealkylation sites (N-methyl/N-ethyl adjacent to an activating group) is 1. The second-order valence-electron chi connectivity index (χ2n) is 6.59. The van der Waals surface area contributed by atoms with Gasteiger partial charge in [-0.25, -0.2) is 4.39 Å². The standard InChI is InChI=1S/C17H25FN4O2/c1-20(11-16-3-4-17(12-23)24-16)9-15-7-13(18)8-22(15)10-14-5-6-19-21(14)2/h3-6,13,15,23H,7-12H2,1-2H3/t13-,15-/m0/s1. The summed E-state index contributed by atoms with van der Waals surface area (Å²) >= 11 is 0. The van der Waals surface area contributed by atoms with E-state index in [0.717, 1.165) is 18.0 Å². The van der Waals surface area contributed by atoms with Crippen molar-refractivity contribution in [3.8, 4) is 0 Å². The van der Waals surface area contributed by atoms with Gasteiger partial charge in [0.25, 0.3) is 0 Å². The topological polar surface area (TPSA) is 57.7 Å². The molecule has 1 saturated heterocycles. The second kappa shape index (κ2) is 7.46. The van der Waals surface area contributed by atoms with E-state index in [-0.39, 0.29) is 12.6 Å². The van der Waals surface area contributed by atoms with E-state index in [1.807, 2.05) is 30.9 Å². The molecule has 1 aliphatic rings.